The van der Waals surface area contributed by atoms with E-state index >= 15 is 0 Å². The van der Waals surface area contributed by atoms with Gasteiger partial charge >= 0.3 is 6.03 Å². The van der Waals surface area contributed by atoms with E-state index in [-0.39, 0.29) is 6.03 Å². The van der Waals surface area contributed by atoms with Crippen LogP contribution in [0.3, 0.4) is 0 Å². The largest absolute Gasteiger partial charge is 0.324 e. The second-order valence-electron chi connectivity index (χ2n) is 6.44. The van der Waals surface area contributed by atoms with Crippen molar-refractivity contribution in [3.8, 4) is 0 Å². The van der Waals surface area contributed by atoms with Crippen LogP contribution >= 0.6 is 0 Å². The van der Waals surface area contributed by atoms with Crippen molar-refractivity contribution < 1.29 is 4.79 Å². The summed E-state index contributed by atoms with van der Waals surface area (Å²) in [6.45, 7) is 8.55. The molecule has 2 aliphatic heterocycles. The van der Waals surface area contributed by atoms with Crippen molar-refractivity contribution in [1.82, 2.24) is 9.80 Å². The fraction of sp³-hybridized carbons (Fsp3) is 0.824. The molecule has 1 saturated carbocycles. The maximum Gasteiger partial charge on any atom is 0.324 e. The van der Waals surface area contributed by atoms with Crippen LogP contribution in [0.5, 0.6) is 0 Å². The molecule has 0 aromatic rings. The molecule has 2 amide bonds. The van der Waals surface area contributed by atoms with Crippen LogP contribution in [0.1, 0.15) is 65.7 Å². The zero-order valence-electron chi connectivity index (χ0n) is 13.4. The molecule has 3 aliphatic rings. The predicted octanol–water partition coefficient (Wildman–Crippen LogP) is 4.40. The Hall–Kier alpha value is -0.990. The molecule has 3 nitrogen and oxygen atoms in total. The Labute approximate surface area is 124 Å². The number of carbonyl (C=O) groups excluding carboxylic acids is 1. The highest BCUT2D eigenvalue weighted by Crippen LogP contribution is 2.40. The SMILES string of the molecule is CC1CC2CC1=CN2C(=O)N1CCCCC1.CCCC. The third-order valence-electron chi connectivity index (χ3n) is 4.78. The highest BCUT2D eigenvalue weighted by atomic mass is 16.2. The fourth-order valence-corrected chi connectivity index (χ4v) is 3.25. The lowest BCUT2D eigenvalue weighted by atomic mass is 10.0. The number of rotatable bonds is 1. The van der Waals surface area contributed by atoms with Crippen LogP contribution in [-0.4, -0.2) is 35.0 Å². The number of hydrogen-bond acceptors (Lipinski definition) is 1. The summed E-state index contributed by atoms with van der Waals surface area (Å²) in [5.74, 6) is 0.704. The molecule has 0 spiro atoms. The smallest absolute Gasteiger partial charge is 0.324 e. The van der Waals surface area contributed by atoms with E-state index in [2.05, 4.69) is 27.0 Å². The van der Waals surface area contributed by atoms with Gasteiger partial charge in [-0.15, -0.1) is 0 Å². The number of unbranched alkanes of at least 4 members (excludes halogenated alkanes) is 1. The first-order chi connectivity index (χ1) is 9.67. The van der Waals surface area contributed by atoms with E-state index in [0.29, 0.717) is 12.0 Å². The normalized spacial score (nSPS) is 28.1. The first kappa shape index (κ1) is 15.4. The zero-order chi connectivity index (χ0) is 14.5. The second-order valence-corrected chi connectivity index (χ2v) is 6.44. The molecule has 0 aromatic heterocycles. The molecule has 1 saturated heterocycles. The third kappa shape index (κ3) is 3.36. The number of carbonyl (C=O) groups is 1. The Morgan fingerprint density at radius 1 is 1.20 bits per heavy atom. The van der Waals surface area contributed by atoms with Gasteiger partial charge in [0.15, 0.2) is 0 Å². The minimum atomic E-state index is 0.256. The Morgan fingerprint density at radius 3 is 2.30 bits per heavy atom. The summed E-state index contributed by atoms with van der Waals surface area (Å²) in [4.78, 5) is 16.3. The second kappa shape index (κ2) is 7.14. The summed E-state index contributed by atoms with van der Waals surface area (Å²) in [5.41, 5.74) is 1.48. The number of hydrogen-bond donors (Lipinski definition) is 0. The number of likely N-dealkylation sites (tertiary alicyclic amines) is 1. The van der Waals surface area contributed by atoms with Crippen molar-refractivity contribution in [2.75, 3.05) is 13.1 Å². The first-order valence-corrected chi connectivity index (χ1v) is 8.45. The van der Waals surface area contributed by atoms with Crippen molar-refractivity contribution in [1.29, 1.82) is 0 Å². The molecule has 3 rings (SSSR count). The van der Waals surface area contributed by atoms with E-state index in [0.717, 1.165) is 19.5 Å². The Morgan fingerprint density at radius 2 is 1.85 bits per heavy atom. The van der Waals surface area contributed by atoms with Gasteiger partial charge in [-0.3, -0.25) is 4.90 Å². The van der Waals surface area contributed by atoms with Crippen molar-refractivity contribution in [2.24, 2.45) is 5.92 Å². The van der Waals surface area contributed by atoms with Crippen LogP contribution in [0.4, 0.5) is 4.79 Å². The molecule has 3 heteroatoms. The Bertz CT molecular complexity index is 356. The van der Waals surface area contributed by atoms with Crippen molar-refractivity contribution in [2.45, 2.75) is 71.8 Å². The van der Waals surface area contributed by atoms with Gasteiger partial charge in [0, 0.05) is 25.3 Å². The molecule has 20 heavy (non-hydrogen) atoms. The van der Waals surface area contributed by atoms with Crippen LogP contribution in [0.2, 0.25) is 0 Å². The first-order valence-electron chi connectivity index (χ1n) is 8.45. The highest BCUT2D eigenvalue weighted by molar-refractivity contribution is 5.77. The van der Waals surface area contributed by atoms with Crippen LogP contribution in [0, 0.1) is 5.92 Å². The van der Waals surface area contributed by atoms with Crippen molar-refractivity contribution in [3.05, 3.63) is 11.8 Å². The van der Waals surface area contributed by atoms with Gasteiger partial charge in [-0.05, 0) is 43.6 Å². The molecule has 1 aliphatic carbocycles. The van der Waals surface area contributed by atoms with Crippen molar-refractivity contribution in [3.63, 3.8) is 0 Å². The zero-order valence-corrected chi connectivity index (χ0v) is 13.4. The number of nitrogens with zero attached hydrogens (tertiary/aromatic N) is 2. The maximum atomic E-state index is 12.3. The Balaban J connectivity index is 0.000000328. The van der Waals surface area contributed by atoms with E-state index in [9.17, 15) is 4.79 Å². The van der Waals surface area contributed by atoms with E-state index in [4.69, 9.17) is 0 Å². The minimum Gasteiger partial charge on any atom is -0.324 e. The summed E-state index contributed by atoms with van der Waals surface area (Å²) >= 11 is 0. The van der Waals surface area contributed by atoms with Gasteiger partial charge in [0.05, 0.1) is 0 Å². The maximum absolute atomic E-state index is 12.3. The number of fused-ring (bicyclic) bond motifs is 2. The van der Waals surface area contributed by atoms with Gasteiger partial charge < -0.3 is 4.90 Å². The molecule has 2 fully saturated rings. The molecule has 114 valence electrons. The Kier molecular flexibility index (Phi) is 5.50. The third-order valence-corrected chi connectivity index (χ3v) is 4.78. The summed E-state index contributed by atoms with van der Waals surface area (Å²) in [5, 5.41) is 0. The lowest BCUT2D eigenvalue weighted by Crippen LogP contribution is -2.46. The van der Waals surface area contributed by atoms with Gasteiger partial charge in [0.1, 0.15) is 0 Å². The molecular formula is C17H30N2O. The van der Waals surface area contributed by atoms with E-state index in [1.807, 2.05) is 9.80 Å². The molecule has 2 heterocycles. The lowest BCUT2D eigenvalue weighted by molar-refractivity contribution is 0.147. The number of amides is 2. The van der Waals surface area contributed by atoms with Gasteiger partial charge in [-0.25, -0.2) is 4.79 Å². The topological polar surface area (TPSA) is 23.6 Å². The van der Waals surface area contributed by atoms with E-state index < -0.39 is 0 Å². The molecule has 2 unspecified atom stereocenters. The van der Waals surface area contributed by atoms with Crippen LogP contribution in [-0.2, 0) is 0 Å². The average molecular weight is 278 g/mol. The van der Waals surface area contributed by atoms with Gasteiger partial charge in [0.25, 0.3) is 0 Å². The minimum absolute atomic E-state index is 0.256. The summed E-state index contributed by atoms with van der Waals surface area (Å²) < 4.78 is 0. The van der Waals surface area contributed by atoms with Gasteiger partial charge in [0.2, 0.25) is 0 Å². The monoisotopic (exact) mass is 278 g/mol. The van der Waals surface area contributed by atoms with Crippen LogP contribution in [0.15, 0.2) is 11.8 Å². The molecule has 2 bridgehead atoms. The van der Waals surface area contributed by atoms with E-state index in [1.54, 1.807) is 0 Å². The van der Waals surface area contributed by atoms with Gasteiger partial charge in [-0.2, -0.15) is 0 Å². The fourth-order valence-electron chi connectivity index (χ4n) is 3.25. The number of urea groups is 1. The predicted molar refractivity (Wildman–Crippen MR) is 83.5 cm³/mol. The summed E-state index contributed by atoms with van der Waals surface area (Å²) in [7, 11) is 0. The molecule has 0 aromatic carbocycles. The lowest BCUT2D eigenvalue weighted by Gasteiger charge is -2.34. The molecule has 0 radical (unpaired) electrons. The highest BCUT2D eigenvalue weighted by Gasteiger charge is 2.39. The molecule has 2 atom stereocenters. The summed E-state index contributed by atoms with van der Waals surface area (Å²) in [6.07, 6.45) is 10.7. The van der Waals surface area contributed by atoms with E-state index in [1.165, 1.54) is 44.1 Å². The molecular weight excluding hydrogens is 248 g/mol. The molecule has 0 N–H and O–H groups in total. The van der Waals surface area contributed by atoms with Crippen LogP contribution in [0.25, 0.3) is 0 Å². The van der Waals surface area contributed by atoms with Gasteiger partial charge in [-0.1, -0.05) is 33.6 Å². The summed E-state index contributed by atoms with van der Waals surface area (Å²) in [6, 6.07) is 0.728. The average Bonchev–Trinajstić information content (AvgIpc) is 3.07. The van der Waals surface area contributed by atoms with Crippen LogP contribution < -0.4 is 0 Å². The standard InChI is InChI=1S/C13H20N2O.C4H10/c1-10-7-12-8-11(10)9-15(12)13(16)14-5-3-2-4-6-14;1-3-4-2/h9-10,12H,2-8H2,1H3;3-4H2,1-2H3. The quantitative estimate of drug-likeness (QED) is 0.697. The van der Waals surface area contributed by atoms with Crippen molar-refractivity contribution >= 4 is 6.03 Å². The number of piperidine rings is 1.